The number of ether oxygens (including phenoxy) is 3. The number of anilines is 1. The van der Waals surface area contributed by atoms with Gasteiger partial charge in [0.25, 0.3) is 10.0 Å². The lowest BCUT2D eigenvalue weighted by molar-refractivity contribution is -0.139. The van der Waals surface area contributed by atoms with Crippen LogP contribution in [-0.4, -0.2) is 72.1 Å². The zero-order valence-corrected chi connectivity index (χ0v) is 28.0. The lowest BCUT2D eigenvalue weighted by Gasteiger charge is -2.33. The molecule has 0 aromatic heterocycles. The molecule has 244 valence electrons. The average Bonchev–Trinajstić information content (AvgIpc) is 3.05. The number of halogens is 1. The van der Waals surface area contributed by atoms with E-state index in [1.165, 1.54) is 56.6 Å². The van der Waals surface area contributed by atoms with E-state index in [9.17, 15) is 18.0 Å². The van der Waals surface area contributed by atoms with E-state index in [2.05, 4.69) is 5.32 Å². The van der Waals surface area contributed by atoms with Crippen LogP contribution in [0.4, 0.5) is 5.69 Å². The fraction of sp³-hybridized carbons (Fsp3) is 0.394. The Kier molecular flexibility index (Phi) is 13.4. The number of sulfonamides is 1. The number of nitrogens with one attached hydrogen (secondary N) is 1. The van der Waals surface area contributed by atoms with Crippen molar-refractivity contribution in [2.45, 2.75) is 50.5 Å². The highest BCUT2D eigenvalue weighted by molar-refractivity contribution is 7.92. The molecule has 0 aliphatic heterocycles. The molecule has 0 spiro atoms. The lowest BCUT2D eigenvalue weighted by atomic mass is 10.1. The van der Waals surface area contributed by atoms with Gasteiger partial charge in [-0.25, -0.2) is 8.42 Å². The summed E-state index contributed by atoms with van der Waals surface area (Å²) < 4.78 is 45.8. The van der Waals surface area contributed by atoms with Crippen LogP contribution in [0.2, 0.25) is 5.02 Å². The number of carbonyl (C=O) groups is 2. The quantitative estimate of drug-likeness (QED) is 0.195. The van der Waals surface area contributed by atoms with Crippen LogP contribution < -0.4 is 23.8 Å². The van der Waals surface area contributed by atoms with Gasteiger partial charge in [0.1, 0.15) is 18.3 Å². The minimum absolute atomic E-state index is 0.0663. The first-order valence-electron chi connectivity index (χ1n) is 14.8. The van der Waals surface area contributed by atoms with E-state index < -0.39 is 28.5 Å². The first-order valence-corrected chi connectivity index (χ1v) is 16.6. The minimum atomic E-state index is -4.42. The van der Waals surface area contributed by atoms with Crippen molar-refractivity contribution in [2.75, 3.05) is 45.3 Å². The molecule has 0 aliphatic rings. The Morgan fingerprint density at radius 3 is 2.18 bits per heavy atom. The topological polar surface area (TPSA) is 114 Å². The third-order valence-corrected chi connectivity index (χ3v) is 9.32. The van der Waals surface area contributed by atoms with Crippen LogP contribution in [0.5, 0.6) is 17.2 Å². The largest absolute Gasteiger partial charge is 0.495 e. The Bertz CT molecular complexity index is 1540. The Balaban J connectivity index is 2.10. The van der Waals surface area contributed by atoms with E-state index in [0.29, 0.717) is 25.1 Å². The number of nitrogens with zero attached hydrogens (tertiary/aromatic N) is 2. The van der Waals surface area contributed by atoms with Gasteiger partial charge in [0, 0.05) is 24.2 Å². The Labute approximate surface area is 271 Å². The lowest BCUT2D eigenvalue weighted by Crippen LogP contribution is -2.53. The summed E-state index contributed by atoms with van der Waals surface area (Å²) in [7, 11) is -0.173. The van der Waals surface area contributed by atoms with Crippen LogP contribution >= 0.6 is 11.6 Å². The molecule has 0 bridgehead atoms. The van der Waals surface area contributed by atoms with Crippen LogP contribution in [0.15, 0.2) is 71.6 Å². The molecule has 1 atom stereocenters. The second-order valence-electron chi connectivity index (χ2n) is 10.2. The maximum atomic E-state index is 14.3. The minimum Gasteiger partial charge on any atom is -0.495 e. The normalized spacial score (nSPS) is 11.8. The van der Waals surface area contributed by atoms with Crippen molar-refractivity contribution >= 4 is 39.1 Å². The summed E-state index contributed by atoms with van der Waals surface area (Å²) >= 11 is 6.33. The van der Waals surface area contributed by atoms with Gasteiger partial charge >= 0.3 is 0 Å². The van der Waals surface area contributed by atoms with Crippen molar-refractivity contribution in [3.8, 4) is 17.2 Å². The molecule has 2 amide bonds. The molecule has 1 N–H and O–H groups in total. The molecule has 12 heteroatoms. The standard InChI is InChI=1S/C33H42ClN3O7S/c1-6-8-19-35-33(39)27(7-2)36(20-18-24-12-10-9-11-13-24)32(38)23-37(28-21-25(34)14-16-29(28)42-3)45(40,41)26-15-17-30(43-4)31(22-26)44-5/h9-17,21-22,27H,6-8,18-20,23H2,1-5H3,(H,35,39). The van der Waals surface area contributed by atoms with Crippen molar-refractivity contribution in [3.63, 3.8) is 0 Å². The van der Waals surface area contributed by atoms with Crippen LogP contribution in [-0.2, 0) is 26.0 Å². The van der Waals surface area contributed by atoms with E-state index in [-0.39, 0.29) is 39.6 Å². The van der Waals surface area contributed by atoms with Gasteiger partial charge in [-0.05, 0) is 55.2 Å². The molecule has 1 unspecified atom stereocenters. The number of methoxy groups -OCH3 is 3. The van der Waals surface area contributed by atoms with Gasteiger partial charge < -0.3 is 24.4 Å². The van der Waals surface area contributed by atoms with Gasteiger partial charge in [-0.1, -0.05) is 62.2 Å². The number of unbranched alkanes of at least 4 members (excludes halogenated alkanes) is 1. The summed E-state index contributed by atoms with van der Waals surface area (Å²) in [4.78, 5) is 29.0. The van der Waals surface area contributed by atoms with Gasteiger partial charge in [-0.3, -0.25) is 13.9 Å². The number of hydrogen-bond acceptors (Lipinski definition) is 7. The fourth-order valence-corrected chi connectivity index (χ4v) is 6.48. The molecule has 10 nitrogen and oxygen atoms in total. The molecule has 3 rings (SSSR count). The van der Waals surface area contributed by atoms with E-state index >= 15 is 0 Å². The predicted molar refractivity (Wildman–Crippen MR) is 176 cm³/mol. The van der Waals surface area contributed by atoms with Crippen molar-refractivity contribution in [2.24, 2.45) is 0 Å². The van der Waals surface area contributed by atoms with Gasteiger partial charge in [-0.2, -0.15) is 0 Å². The van der Waals surface area contributed by atoms with Gasteiger partial charge in [0.05, 0.1) is 31.9 Å². The summed E-state index contributed by atoms with van der Waals surface area (Å²) in [5.74, 6) is -0.124. The number of carbonyl (C=O) groups excluding carboxylic acids is 2. The van der Waals surface area contributed by atoms with Gasteiger partial charge in [0.15, 0.2) is 11.5 Å². The molecule has 0 heterocycles. The molecular formula is C33H42ClN3O7S. The summed E-state index contributed by atoms with van der Waals surface area (Å²) in [6, 6.07) is 17.5. The van der Waals surface area contributed by atoms with Gasteiger partial charge in [-0.15, -0.1) is 0 Å². The summed E-state index contributed by atoms with van der Waals surface area (Å²) in [6.07, 6.45) is 2.50. The fourth-order valence-electron chi connectivity index (χ4n) is 4.88. The van der Waals surface area contributed by atoms with Crippen LogP contribution in [0.3, 0.4) is 0 Å². The first kappa shape index (κ1) is 35.5. The SMILES string of the molecule is CCCCNC(=O)C(CC)N(CCc1ccccc1)C(=O)CN(c1cc(Cl)ccc1OC)S(=O)(=O)c1ccc(OC)c(OC)c1. The van der Waals surface area contributed by atoms with E-state index in [1.54, 1.807) is 6.07 Å². The Morgan fingerprint density at radius 1 is 0.889 bits per heavy atom. The maximum Gasteiger partial charge on any atom is 0.265 e. The predicted octanol–water partition coefficient (Wildman–Crippen LogP) is 5.33. The summed E-state index contributed by atoms with van der Waals surface area (Å²) in [5.41, 5.74) is 1.04. The molecule has 45 heavy (non-hydrogen) atoms. The first-order chi connectivity index (χ1) is 21.6. The van der Waals surface area contributed by atoms with Crippen molar-refractivity contribution in [3.05, 3.63) is 77.3 Å². The van der Waals surface area contributed by atoms with E-state index in [4.69, 9.17) is 25.8 Å². The van der Waals surface area contributed by atoms with Crippen molar-refractivity contribution < 1.29 is 32.2 Å². The molecule has 3 aromatic rings. The highest BCUT2D eigenvalue weighted by Gasteiger charge is 2.35. The molecule has 0 saturated heterocycles. The molecule has 0 radical (unpaired) electrons. The number of benzene rings is 3. The highest BCUT2D eigenvalue weighted by atomic mass is 35.5. The molecule has 0 aliphatic carbocycles. The summed E-state index contributed by atoms with van der Waals surface area (Å²) in [5, 5.41) is 3.17. The number of hydrogen-bond donors (Lipinski definition) is 1. The zero-order chi connectivity index (χ0) is 33.0. The number of rotatable bonds is 17. The van der Waals surface area contributed by atoms with E-state index in [1.807, 2.05) is 44.2 Å². The zero-order valence-electron chi connectivity index (χ0n) is 26.4. The van der Waals surface area contributed by atoms with Crippen LogP contribution in [0, 0.1) is 0 Å². The van der Waals surface area contributed by atoms with Crippen molar-refractivity contribution in [1.82, 2.24) is 10.2 Å². The molecule has 0 fully saturated rings. The van der Waals surface area contributed by atoms with Gasteiger partial charge in [0.2, 0.25) is 11.8 Å². The Morgan fingerprint density at radius 2 is 1.56 bits per heavy atom. The van der Waals surface area contributed by atoms with Crippen LogP contribution in [0.25, 0.3) is 0 Å². The smallest absolute Gasteiger partial charge is 0.265 e. The van der Waals surface area contributed by atoms with Crippen molar-refractivity contribution in [1.29, 1.82) is 0 Å². The second kappa shape index (κ2) is 16.9. The molecule has 3 aromatic carbocycles. The summed E-state index contributed by atoms with van der Waals surface area (Å²) in [6.45, 7) is 3.90. The molecule has 0 saturated carbocycles. The third-order valence-electron chi connectivity index (χ3n) is 7.33. The van der Waals surface area contributed by atoms with E-state index in [0.717, 1.165) is 22.7 Å². The maximum absolute atomic E-state index is 14.3. The third kappa shape index (κ3) is 9.04. The van der Waals surface area contributed by atoms with Crippen LogP contribution in [0.1, 0.15) is 38.7 Å². The molecular weight excluding hydrogens is 618 g/mol. The average molecular weight is 660 g/mol. The Hall–Kier alpha value is -3.96. The monoisotopic (exact) mass is 659 g/mol. The number of amides is 2. The highest BCUT2D eigenvalue weighted by Crippen LogP contribution is 2.37. The second-order valence-corrected chi connectivity index (χ2v) is 12.5.